The van der Waals surface area contributed by atoms with Crippen molar-refractivity contribution in [2.24, 2.45) is 0 Å². The quantitative estimate of drug-likeness (QED) is 0.233. The van der Waals surface area contributed by atoms with Gasteiger partial charge in [0.1, 0.15) is 29.5 Å². The van der Waals surface area contributed by atoms with Crippen LogP contribution < -0.4 is 19.8 Å². The van der Waals surface area contributed by atoms with E-state index in [0.717, 1.165) is 11.6 Å². The summed E-state index contributed by atoms with van der Waals surface area (Å²) in [6, 6.07) is 24.6. The molecule has 6 rings (SSSR count). The molecule has 194 valence electrons. The number of anilines is 1. The molecule has 0 saturated heterocycles. The van der Waals surface area contributed by atoms with Gasteiger partial charge in [0.2, 0.25) is 5.76 Å². The van der Waals surface area contributed by atoms with E-state index in [4.69, 9.17) is 25.5 Å². The van der Waals surface area contributed by atoms with Crippen LogP contribution >= 0.6 is 11.6 Å². The van der Waals surface area contributed by atoms with E-state index in [0.29, 0.717) is 34.4 Å². The fourth-order valence-corrected chi connectivity index (χ4v) is 5.07. The molecule has 0 bridgehead atoms. The van der Waals surface area contributed by atoms with Gasteiger partial charge >= 0.3 is 0 Å². The Balaban J connectivity index is 1.46. The highest BCUT2D eigenvalue weighted by atomic mass is 35.5. The van der Waals surface area contributed by atoms with Crippen LogP contribution in [0.15, 0.2) is 100 Å². The van der Waals surface area contributed by atoms with Crippen LogP contribution in [0.3, 0.4) is 0 Å². The van der Waals surface area contributed by atoms with E-state index in [-0.39, 0.29) is 22.3 Å². The Morgan fingerprint density at radius 2 is 1.72 bits per heavy atom. The predicted octanol–water partition coefficient (Wildman–Crippen LogP) is 6.92. The SMILES string of the molecule is COc1ccc(N2C(=O)c3oc4ccc(F)cc4c(=O)c3C2c2ccc(OCc3ccccc3)cc2)cc1Cl. The summed E-state index contributed by atoms with van der Waals surface area (Å²) in [6.07, 6.45) is 0. The van der Waals surface area contributed by atoms with Crippen molar-refractivity contribution >= 4 is 34.2 Å². The summed E-state index contributed by atoms with van der Waals surface area (Å²) in [6.45, 7) is 0.391. The maximum atomic E-state index is 14.1. The first-order valence-electron chi connectivity index (χ1n) is 12.1. The van der Waals surface area contributed by atoms with Crippen molar-refractivity contribution in [3.63, 3.8) is 0 Å². The highest BCUT2D eigenvalue weighted by Gasteiger charge is 2.43. The fraction of sp³-hybridized carbons (Fsp3) is 0.0968. The van der Waals surface area contributed by atoms with Gasteiger partial charge < -0.3 is 13.9 Å². The third-order valence-corrected chi connectivity index (χ3v) is 6.99. The molecule has 1 atom stereocenters. The molecule has 0 aliphatic carbocycles. The summed E-state index contributed by atoms with van der Waals surface area (Å²) >= 11 is 6.39. The van der Waals surface area contributed by atoms with Gasteiger partial charge in [0.15, 0.2) is 5.43 Å². The van der Waals surface area contributed by atoms with Crippen molar-refractivity contribution in [2.45, 2.75) is 12.6 Å². The summed E-state index contributed by atoms with van der Waals surface area (Å²) in [5, 5.41) is 0.359. The second-order valence-corrected chi connectivity index (χ2v) is 9.46. The monoisotopic (exact) mass is 541 g/mol. The van der Waals surface area contributed by atoms with Crippen LogP contribution in [0.1, 0.15) is 33.3 Å². The zero-order valence-corrected chi connectivity index (χ0v) is 21.4. The van der Waals surface area contributed by atoms with Crippen LogP contribution in [0.4, 0.5) is 10.1 Å². The second kappa shape index (κ2) is 9.93. The minimum absolute atomic E-state index is 0.0592. The van der Waals surface area contributed by atoms with E-state index >= 15 is 0 Å². The normalized spacial score (nSPS) is 14.5. The van der Waals surface area contributed by atoms with E-state index in [1.165, 1.54) is 24.1 Å². The molecule has 1 aliphatic rings. The average molecular weight is 542 g/mol. The number of rotatable bonds is 6. The Morgan fingerprint density at radius 1 is 0.949 bits per heavy atom. The molecule has 1 unspecified atom stereocenters. The van der Waals surface area contributed by atoms with Crippen molar-refractivity contribution < 1.29 is 23.1 Å². The Kier molecular flexibility index (Phi) is 6.29. The Bertz CT molecular complexity index is 1770. The minimum Gasteiger partial charge on any atom is -0.495 e. The number of hydrogen-bond donors (Lipinski definition) is 0. The first kappa shape index (κ1) is 24.7. The summed E-state index contributed by atoms with van der Waals surface area (Å²) in [7, 11) is 1.50. The number of carbonyl (C=O) groups is 1. The maximum Gasteiger partial charge on any atom is 0.295 e. The third kappa shape index (κ3) is 4.41. The van der Waals surface area contributed by atoms with Crippen molar-refractivity contribution in [2.75, 3.05) is 12.0 Å². The van der Waals surface area contributed by atoms with Gasteiger partial charge in [-0.25, -0.2) is 4.39 Å². The van der Waals surface area contributed by atoms with Crippen molar-refractivity contribution in [1.82, 2.24) is 0 Å². The van der Waals surface area contributed by atoms with Gasteiger partial charge in [-0.2, -0.15) is 0 Å². The van der Waals surface area contributed by atoms with Gasteiger partial charge in [-0.3, -0.25) is 14.5 Å². The summed E-state index contributed by atoms with van der Waals surface area (Å²) < 4.78 is 31.1. The number of carbonyl (C=O) groups excluding carboxylic acids is 1. The van der Waals surface area contributed by atoms with Gasteiger partial charge in [-0.15, -0.1) is 0 Å². The lowest BCUT2D eigenvalue weighted by Crippen LogP contribution is -2.29. The number of ether oxygens (including phenoxy) is 2. The van der Waals surface area contributed by atoms with Crippen LogP contribution in [-0.2, 0) is 6.61 Å². The smallest absolute Gasteiger partial charge is 0.295 e. The van der Waals surface area contributed by atoms with Gasteiger partial charge in [0.25, 0.3) is 5.91 Å². The minimum atomic E-state index is -0.843. The van der Waals surface area contributed by atoms with Crippen molar-refractivity contribution in [3.05, 3.63) is 135 Å². The number of nitrogens with zero attached hydrogens (tertiary/aromatic N) is 1. The first-order valence-corrected chi connectivity index (χ1v) is 12.5. The van der Waals surface area contributed by atoms with E-state index < -0.39 is 23.2 Å². The van der Waals surface area contributed by atoms with E-state index in [9.17, 15) is 14.0 Å². The molecule has 8 heteroatoms. The molecule has 0 saturated carbocycles. The Labute approximate surface area is 227 Å². The zero-order chi connectivity index (χ0) is 27.1. The van der Waals surface area contributed by atoms with E-state index in [1.807, 2.05) is 30.3 Å². The average Bonchev–Trinajstić information content (AvgIpc) is 3.25. The molecule has 0 radical (unpaired) electrons. The van der Waals surface area contributed by atoms with Crippen LogP contribution in [0, 0.1) is 5.82 Å². The number of fused-ring (bicyclic) bond motifs is 2. The summed E-state index contributed by atoms with van der Waals surface area (Å²) in [5.41, 5.74) is 1.90. The van der Waals surface area contributed by atoms with Crippen LogP contribution in [0.25, 0.3) is 11.0 Å². The predicted molar refractivity (Wildman–Crippen MR) is 146 cm³/mol. The standard InChI is InChI=1S/C31H21ClFNO5/c1-37-26-14-10-21(16-24(26)32)34-28(19-7-11-22(12-8-19)38-17-18-5-3-2-4-6-18)27-29(35)23-15-20(33)9-13-25(23)39-30(27)31(34)36/h2-16,28H,17H2,1H3. The highest BCUT2D eigenvalue weighted by molar-refractivity contribution is 6.32. The molecule has 5 aromatic rings. The number of amides is 1. The number of halogens is 2. The number of methoxy groups -OCH3 is 1. The molecule has 1 aliphatic heterocycles. The third-order valence-electron chi connectivity index (χ3n) is 6.69. The molecule has 1 amide bonds. The maximum absolute atomic E-state index is 14.1. The molecule has 1 aromatic heterocycles. The number of benzene rings is 4. The first-order chi connectivity index (χ1) is 18.9. The summed E-state index contributed by atoms with van der Waals surface area (Å²) in [5.74, 6) is -0.117. The van der Waals surface area contributed by atoms with E-state index in [2.05, 4.69) is 0 Å². The lowest BCUT2D eigenvalue weighted by atomic mass is 9.98. The Morgan fingerprint density at radius 3 is 2.44 bits per heavy atom. The summed E-state index contributed by atoms with van der Waals surface area (Å²) in [4.78, 5) is 28.9. The van der Waals surface area contributed by atoms with Gasteiger partial charge in [-0.05, 0) is 59.7 Å². The highest BCUT2D eigenvalue weighted by Crippen LogP contribution is 2.43. The Hall–Kier alpha value is -4.62. The fourth-order valence-electron chi connectivity index (χ4n) is 4.82. The van der Waals surface area contributed by atoms with Crippen LogP contribution in [0.5, 0.6) is 11.5 Å². The molecule has 39 heavy (non-hydrogen) atoms. The van der Waals surface area contributed by atoms with Crippen molar-refractivity contribution in [1.29, 1.82) is 0 Å². The van der Waals surface area contributed by atoms with Gasteiger partial charge in [0.05, 0.1) is 29.1 Å². The molecule has 6 nitrogen and oxygen atoms in total. The van der Waals surface area contributed by atoms with Crippen LogP contribution in [0.2, 0.25) is 5.02 Å². The molecular formula is C31H21ClFNO5. The molecule has 0 spiro atoms. The molecule has 2 heterocycles. The lowest BCUT2D eigenvalue weighted by Gasteiger charge is -2.26. The van der Waals surface area contributed by atoms with Crippen LogP contribution in [-0.4, -0.2) is 13.0 Å². The lowest BCUT2D eigenvalue weighted by molar-refractivity contribution is 0.0971. The number of hydrogen-bond acceptors (Lipinski definition) is 5. The van der Waals surface area contributed by atoms with Crippen molar-refractivity contribution in [3.8, 4) is 11.5 Å². The zero-order valence-electron chi connectivity index (χ0n) is 20.7. The molecular weight excluding hydrogens is 521 g/mol. The topological polar surface area (TPSA) is 69.0 Å². The van der Waals surface area contributed by atoms with E-state index in [1.54, 1.807) is 42.5 Å². The second-order valence-electron chi connectivity index (χ2n) is 9.05. The van der Waals surface area contributed by atoms with Gasteiger partial charge in [0, 0.05) is 5.69 Å². The van der Waals surface area contributed by atoms with Gasteiger partial charge in [-0.1, -0.05) is 54.1 Å². The largest absolute Gasteiger partial charge is 0.495 e. The molecule has 4 aromatic carbocycles. The molecule has 0 N–H and O–H groups in total. The molecule has 0 fully saturated rings.